The Morgan fingerprint density at radius 1 is 1.25 bits per heavy atom. The SMILES string of the molecule is CC(C)[C@@]1(O)C[C@@H]2CCCC[C@@H]21. The largest absolute Gasteiger partial charge is 0.389 e. The van der Waals surface area contributed by atoms with Crippen molar-refractivity contribution in [1.82, 2.24) is 0 Å². The highest BCUT2D eigenvalue weighted by Gasteiger charge is 2.54. The number of fused-ring (bicyclic) bond motifs is 1. The van der Waals surface area contributed by atoms with Crippen molar-refractivity contribution in [1.29, 1.82) is 0 Å². The Bertz CT molecular complexity index is 176. The molecule has 70 valence electrons. The molecule has 0 amide bonds. The molecule has 0 spiro atoms. The molecule has 0 heterocycles. The molecule has 0 radical (unpaired) electrons. The first-order chi connectivity index (χ1) is 5.64. The summed E-state index contributed by atoms with van der Waals surface area (Å²) in [6, 6.07) is 0. The summed E-state index contributed by atoms with van der Waals surface area (Å²) in [5, 5.41) is 10.3. The summed E-state index contributed by atoms with van der Waals surface area (Å²) in [6.45, 7) is 4.32. The number of hydrogen-bond acceptors (Lipinski definition) is 1. The fourth-order valence-corrected chi connectivity index (χ4v) is 3.18. The Balaban J connectivity index is 2.04. The Morgan fingerprint density at radius 2 is 1.92 bits per heavy atom. The van der Waals surface area contributed by atoms with Gasteiger partial charge in [0, 0.05) is 0 Å². The minimum absolute atomic E-state index is 0.287. The van der Waals surface area contributed by atoms with Gasteiger partial charge in [-0.15, -0.1) is 0 Å². The summed E-state index contributed by atoms with van der Waals surface area (Å²) >= 11 is 0. The minimum atomic E-state index is -0.287. The van der Waals surface area contributed by atoms with Crippen molar-refractivity contribution < 1.29 is 5.11 Å². The lowest BCUT2D eigenvalue weighted by molar-refractivity contribution is -0.181. The van der Waals surface area contributed by atoms with Gasteiger partial charge in [0.15, 0.2) is 0 Å². The van der Waals surface area contributed by atoms with Gasteiger partial charge >= 0.3 is 0 Å². The van der Waals surface area contributed by atoms with E-state index in [2.05, 4.69) is 13.8 Å². The first kappa shape index (κ1) is 8.55. The van der Waals surface area contributed by atoms with Gasteiger partial charge in [-0.25, -0.2) is 0 Å². The molecule has 3 atom stereocenters. The van der Waals surface area contributed by atoms with E-state index in [0.29, 0.717) is 11.8 Å². The average molecular weight is 168 g/mol. The molecule has 2 saturated carbocycles. The van der Waals surface area contributed by atoms with Crippen LogP contribution in [-0.2, 0) is 0 Å². The molecular formula is C11H20O. The Kier molecular flexibility index (Phi) is 1.95. The third-order valence-electron chi connectivity index (χ3n) is 4.14. The maximum Gasteiger partial charge on any atom is 0.0703 e. The zero-order valence-electron chi connectivity index (χ0n) is 8.21. The van der Waals surface area contributed by atoms with Crippen molar-refractivity contribution in [3.05, 3.63) is 0 Å². The van der Waals surface area contributed by atoms with Crippen molar-refractivity contribution in [3.8, 4) is 0 Å². The van der Waals surface area contributed by atoms with E-state index in [-0.39, 0.29) is 5.60 Å². The van der Waals surface area contributed by atoms with Crippen LogP contribution >= 0.6 is 0 Å². The molecule has 2 rings (SSSR count). The molecule has 1 nitrogen and oxygen atoms in total. The highest BCUT2D eigenvalue weighted by molar-refractivity contribution is 5.04. The van der Waals surface area contributed by atoms with Crippen LogP contribution < -0.4 is 0 Å². The first-order valence-electron chi connectivity index (χ1n) is 5.37. The smallest absolute Gasteiger partial charge is 0.0703 e. The van der Waals surface area contributed by atoms with E-state index < -0.39 is 0 Å². The molecule has 0 aromatic rings. The summed E-state index contributed by atoms with van der Waals surface area (Å²) in [6.07, 6.45) is 6.47. The van der Waals surface area contributed by atoms with Crippen molar-refractivity contribution >= 4 is 0 Å². The second-order valence-electron chi connectivity index (χ2n) is 5.00. The third-order valence-corrected chi connectivity index (χ3v) is 4.14. The maximum atomic E-state index is 10.3. The van der Waals surface area contributed by atoms with Gasteiger partial charge in [0.25, 0.3) is 0 Å². The number of aliphatic hydroxyl groups is 1. The predicted octanol–water partition coefficient (Wildman–Crippen LogP) is 2.58. The molecule has 0 aromatic carbocycles. The van der Waals surface area contributed by atoms with Gasteiger partial charge in [0.1, 0.15) is 0 Å². The third kappa shape index (κ3) is 1.02. The Hall–Kier alpha value is -0.0400. The van der Waals surface area contributed by atoms with Gasteiger partial charge in [-0.1, -0.05) is 26.7 Å². The molecule has 2 aliphatic carbocycles. The van der Waals surface area contributed by atoms with Gasteiger partial charge in [0.05, 0.1) is 5.60 Å². The molecule has 0 unspecified atom stereocenters. The van der Waals surface area contributed by atoms with Crippen LogP contribution in [0.4, 0.5) is 0 Å². The molecule has 1 N–H and O–H groups in total. The Labute approximate surface area is 75.2 Å². The second kappa shape index (κ2) is 2.73. The number of hydrogen-bond donors (Lipinski definition) is 1. The van der Waals surface area contributed by atoms with Gasteiger partial charge in [-0.2, -0.15) is 0 Å². The van der Waals surface area contributed by atoms with Crippen molar-refractivity contribution in [2.45, 2.75) is 51.6 Å². The average Bonchev–Trinajstić information content (AvgIpc) is 2.02. The van der Waals surface area contributed by atoms with E-state index >= 15 is 0 Å². The van der Waals surface area contributed by atoms with Crippen molar-refractivity contribution in [2.75, 3.05) is 0 Å². The molecular weight excluding hydrogens is 148 g/mol. The van der Waals surface area contributed by atoms with Crippen molar-refractivity contribution in [2.24, 2.45) is 17.8 Å². The van der Waals surface area contributed by atoms with E-state index in [1.807, 2.05) is 0 Å². The highest BCUT2D eigenvalue weighted by atomic mass is 16.3. The maximum absolute atomic E-state index is 10.3. The molecule has 0 bridgehead atoms. The Morgan fingerprint density at radius 3 is 2.50 bits per heavy atom. The van der Waals surface area contributed by atoms with E-state index in [9.17, 15) is 5.11 Å². The lowest BCUT2D eigenvalue weighted by Gasteiger charge is -2.56. The molecule has 0 aromatic heterocycles. The molecule has 2 aliphatic rings. The minimum Gasteiger partial charge on any atom is -0.389 e. The predicted molar refractivity (Wildman–Crippen MR) is 49.9 cm³/mol. The summed E-state index contributed by atoms with van der Waals surface area (Å²) in [4.78, 5) is 0. The lowest BCUT2D eigenvalue weighted by atomic mass is 9.52. The zero-order valence-corrected chi connectivity index (χ0v) is 8.21. The van der Waals surface area contributed by atoms with Crippen LogP contribution in [0.1, 0.15) is 46.0 Å². The molecule has 1 heteroatoms. The summed E-state index contributed by atoms with van der Waals surface area (Å²) < 4.78 is 0. The topological polar surface area (TPSA) is 20.2 Å². The van der Waals surface area contributed by atoms with E-state index in [1.54, 1.807) is 0 Å². The monoisotopic (exact) mass is 168 g/mol. The summed E-state index contributed by atoms with van der Waals surface area (Å²) in [5.74, 6) is 1.97. The summed E-state index contributed by atoms with van der Waals surface area (Å²) in [5.41, 5.74) is -0.287. The zero-order chi connectivity index (χ0) is 8.77. The first-order valence-corrected chi connectivity index (χ1v) is 5.37. The van der Waals surface area contributed by atoms with Crippen LogP contribution in [0.15, 0.2) is 0 Å². The van der Waals surface area contributed by atoms with E-state index in [0.717, 1.165) is 12.3 Å². The molecule has 2 fully saturated rings. The van der Waals surface area contributed by atoms with Crippen LogP contribution in [0.5, 0.6) is 0 Å². The van der Waals surface area contributed by atoms with Crippen LogP contribution in [0.25, 0.3) is 0 Å². The van der Waals surface area contributed by atoms with Gasteiger partial charge < -0.3 is 5.11 Å². The van der Waals surface area contributed by atoms with Crippen LogP contribution in [0, 0.1) is 17.8 Å². The normalized spacial score (nSPS) is 47.0. The van der Waals surface area contributed by atoms with Crippen LogP contribution in [-0.4, -0.2) is 10.7 Å². The van der Waals surface area contributed by atoms with E-state index in [4.69, 9.17) is 0 Å². The van der Waals surface area contributed by atoms with Crippen LogP contribution in [0.2, 0.25) is 0 Å². The van der Waals surface area contributed by atoms with Gasteiger partial charge in [0.2, 0.25) is 0 Å². The summed E-state index contributed by atoms with van der Waals surface area (Å²) in [7, 11) is 0. The van der Waals surface area contributed by atoms with Crippen LogP contribution in [0.3, 0.4) is 0 Å². The number of rotatable bonds is 1. The molecule has 0 saturated heterocycles. The second-order valence-corrected chi connectivity index (χ2v) is 5.00. The molecule has 0 aliphatic heterocycles. The van der Waals surface area contributed by atoms with Gasteiger partial charge in [-0.05, 0) is 37.0 Å². The van der Waals surface area contributed by atoms with Gasteiger partial charge in [-0.3, -0.25) is 0 Å². The van der Waals surface area contributed by atoms with E-state index in [1.165, 1.54) is 25.7 Å². The van der Waals surface area contributed by atoms with Crippen molar-refractivity contribution in [3.63, 3.8) is 0 Å². The quantitative estimate of drug-likeness (QED) is 0.638. The highest BCUT2D eigenvalue weighted by Crippen LogP contribution is 2.54. The lowest BCUT2D eigenvalue weighted by Crippen LogP contribution is -2.58. The fourth-order valence-electron chi connectivity index (χ4n) is 3.18. The fraction of sp³-hybridized carbons (Fsp3) is 1.00. The standard InChI is InChI=1S/C11H20O/c1-8(2)11(12)7-9-5-3-4-6-10(9)11/h8-10,12H,3-7H2,1-2H3/t9-,10-,11-/m0/s1. The molecule has 12 heavy (non-hydrogen) atoms.